The number of esters is 1. The Morgan fingerprint density at radius 3 is 1.69 bits per heavy atom. The Balaban J connectivity index is 4.14. The molecule has 0 rings (SSSR count). The van der Waals surface area contributed by atoms with E-state index in [0.29, 0.717) is 13.0 Å². The number of hydrogen-bond acceptors (Lipinski definition) is 7. The van der Waals surface area contributed by atoms with E-state index in [1.165, 1.54) is 70.6 Å². The third-order valence-electron chi connectivity index (χ3n) is 8.01. The number of nitrogens with two attached hydrogens (primary N) is 1. The van der Waals surface area contributed by atoms with E-state index in [-0.39, 0.29) is 32.3 Å². The number of phosphoric acid groups is 1. The number of unbranched alkanes of at least 4 members (excludes halogenated alkanes) is 16. The number of hydrogen-bond donors (Lipinski definition) is 2. The molecule has 0 aromatic rings. The molecular weight excluding hydrogens is 637 g/mol. The lowest BCUT2D eigenvalue weighted by atomic mass is 10.0. The molecule has 0 radical (unpaired) electrons. The average molecular weight is 712 g/mol. The van der Waals surface area contributed by atoms with Crippen molar-refractivity contribution in [3.8, 4) is 0 Å². The second-order valence-corrected chi connectivity index (χ2v) is 14.2. The predicted octanol–water partition coefficient (Wildman–Crippen LogP) is 11.2. The van der Waals surface area contributed by atoms with Crippen LogP contribution in [0.4, 0.5) is 0 Å². The Morgan fingerprint density at radius 1 is 0.633 bits per heavy atom. The van der Waals surface area contributed by atoms with Crippen molar-refractivity contribution in [3.05, 3.63) is 48.6 Å². The van der Waals surface area contributed by atoms with Gasteiger partial charge in [0.15, 0.2) is 0 Å². The molecule has 0 aliphatic carbocycles. The van der Waals surface area contributed by atoms with Crippen LogP contribution in [0.1, 0.15) is 162 Å². The van der Waals surface area contributed by atoms with Gasteiger partial charge in [0.2, 0.25) is 0 Å². The van der Waals surface area contributed by atoms with E-state index in [4.69, 9.17) is 24.3 Å². The molecule has 0 bridgehead atoms. The minimum Gasteiger partial charge on any atom is -0.457 e. The molecule has 2 atom stereocenters. The summed E-state index contributed by atoms with van der Waals surface area (Å²) in [5.41, 5.74) is 5.35. The van der Waals surface area contributed by atoms with E-state index < -0.39 is 13.9 Å². The predicted molar refractivity (Wildman–Crippen MR) is 206 cm³/mol. The summed E-state index contributed by atoms with van der Waals surface area (Å²) in [6, 6.07) is 0. The molecule has 0 aromatic heterocycles. The zero-order chi connectivity index (χ0) is 35.9. The quantitative estimate of drug-likeness (QED) is 0.0283. The fourth-order valence-electron chi connectivity index (χ4n) is 5.16. The van der Waals surface area contributed by atoms with Gasteiger partial charge in [-0.1, -0.05) is 152 Å². The molecule has 8 nitrogen and oxygen atoms in total. The van der Waals surface area contributed by atoms with Gasteiger partial charge in [-0.2, -0.15) is 0 Å². The molecule has 0 fully saturated rings. The normalized spacial score (nSPS) is 14.1. The number of allylic oxidation sites excluding steroid dienone is 8. The monoisotopic (exact) mass is 712 g/mol. The average Bonchev–Trinajstić information content (AvgIpc) is 3.09. The summed E-state index contributed by atoms with van der Waals surface area (Å²) in [5, 5.41) is 0. The van der Waals surface area contributed by atoms with Crippen LogP contribution in [0, 0.1) is 0 Å². The van der Waals surface area contributed by atoms with Crippen molar-refractivity contribution in [3.63, 3.8) is 0 Å². The van der Waals surface area contributed by atoms with Crippen LogP contribution in [0.3, 0.4) is 0 Å². The molecule has 0 saturated carbocycles. The second-order valence-electron chi connectivity index (χ2n) is 12.8. The highest BCUT2D eigenvalue weighted by Crippen LogP contribution is 2.43. The maximum Gasteiger partial charge on any atom is 0.472 e. The van der Waals surface area contributed by atoms with Crippen LogP contribution in [0.2, 0.25) is 0 Å². The molecule has 0 aromatic carbocycles. The Kier molecular flexibility index (Phi) is 36.5. The van der Waals surface area contributed by atoms with Crippen LogP contribution >= 0.6 is 7.82 Å². The minimum absolute atomic E-state index is 0.0942. The van der Waals surface area contributed by atoms with Crippen LogP contribution in [0.15, 0.2) is 48.6 Å². The summed E-state index contributed by atoms with van der Waals surface area (Å²) in [5.74, 6) is -0.343. The van der Waals surface area contributed by atoms with Gasteiger partial charge in [0.05, 0.1) is 19.8 Å². The molecule has 49 heavy (non-hydrogen) atoms. The van der Waals surface area contributed by atoms with Crippen LogP contribution in [-0.2, 0) is 27.9 Å². The molecule has 0 spiro atoms. The summed E-state index contributed by atoms with van der Waals surface area (Å²) < 4.78 is 33.3. The summed E-state index contributed by atoms with van der Waals surface area (Å²) in [6.45, 7) is 4.72. The van der Waals surface area contributed by atoms with Gasteiger partial charge in [0.25, 0.3) is 0 Å². The van der Waals surface area contributed by atoms with Crippen molar-refractivity contribution in [1.29, 1.82) is 0 Å². The first kappa shape index (κ1) is 47.5. The van der Waals surface area contributed by atoms with Crippen molar-refractivity contribution < 1.29 is 32.8 Å². The topological polar surface area (TPSA) is 117 Å². The number of ether oxygens (including phenoxy) is 2. The first-order valence-corrected chi connectivity index (χ1v) is 21.1. The lowest BCUT2D eigenvalue weighted by molar-refractivity contribution is -0.154. The van der Waals surface area contributed by atoms with Crippen LogP contribution < -0.4 is 5.73 Å². The van der Waals surface area contributed by atoms with E-state index in [1.54, 1.807) is 0 Å². The van der Waals surface area contributed by atoms with Gasteiger partial charge < -0.3 is 20.1 Å². The third kappa shape index (κ3) is 37.5. The van der Waals surface area contributed by atoms with Gasteiger partial charge in [0.1, 0.15) is 6.10 Å². The summed E-state index contributed by atoms with van der Waals surface area (Å²) in [6.07, 6.45) is 42.7. The molecule has 0 amide bonds. The number of carbonyl (C=O) groups excluding carboxylic acids is 1. The first-order chi connectivity index (χ1) is 23.9. The fraction of sp³-hybridized carbons (Fsp3) is 0.775. The highest BCUT2D eigenvalue weighted by molar-refractivity contribution is 7.47. The van der Waals surface area contributed by atoms with Crippen molar-refractivity contribution in [2.75, 3.05) is 33.0 Å². The summed E-state index contributed by atoms with van der Waals surface area (Å²) >= 11 is 0. The second kappa shape index (κ2) is 37.7. The number of rotatable bonds is 37. The van der Waals surface area contributed by atoms with E-state index >= 15 is 0 Å². The molecule has 0 heterocycles. The molecule has 0 aliphatic heterocycles. The number of phosphoric ester groups is 1. The summed E-state index contributed by atoms with van der Waals surface area (Å²) in [7, 11) is -4.28. The van der Waals surface area contributed by atoms with Crippen molar-refractivity contribution in [2.45, 2.75) is 168 Å². The van der Waals surface area contributed by atoms with Gasteiger partial charge in [-0.05, 0) is 51.4 Å². The largest absolute Gasteiger partial charge is 0.472 e. The van der Waals surface area contributed by atoms with Gasteiger partial charge in [-0.15, -0.1) is 0 Å². The molecule has 0 aliphatic rings. The van der Waals surface area contributed by atoms with Crippen molar-refractivity contribution >= 4 is 13.8 Å². The fourth-order valence-corrected chi connectivity index (χ4v) is 5.93. The highest BCUT2D eigenvalue weighted by Gasteiger charge is 2.25. The Hall–Kier alpha value is -1.54. The standard InChI is InChI=1S/C40H74NO7P/c1-3-5-7-9-11-13-15-17-19-20-22-24-26-28-30-32-35-45-37-39(38-47-49(43,44)46-36-34-41)48-40(42)33-31-29-27-25-23-21-18-16-14-12-10-8-6-4-2/h5,7,11,13,17,19,22,24,39H,3-4,6,8-10,12,14-16,18,20-21,23,25-38,41H2,1-2H3,(H,43,44)/b7-5-,13-11-,19-17-,24-22-. The molecule has 2 unspecified atom stereocenters. The first-order valence-electron chi connectivity index (χ1n) is 19.6. The maximum atomic E-state index is 12.5. The Labute approximate surface area is 301 Å². The lowest BCUT2D eigenvalue weighted by Gasteiger charge is -2.20. The van der Waals surface area contributed by atoms with Crippen LogP contribution in [0.5, 0.6) is 0 Å². The van der Waals surface area contributed by atoms with E-state index in [9.17, 15) is 14.3 Å². The molecule has 0 saturated heterocycles. The van der Waals surface area contributed by atoms with E-state index in [1.807, 2.05) is 0 Å². The lowest BCUT2D eigenvalue weighted by Crippen LogP contribution is -2.28. The highest BCUT2D eigenvalue weighted by atomic mass is 31.2. The molecular formula is C40H74NO7P. The Morgan fingerprint density at radius 2 is 1.14 bits per heavy atom. The molecule has 9 heteroatoms. The van der Waals surface area contributed by atoms with E-state index in [0.717, 1.165) is 70.6 Å². The van der Waals surface area contributed by atoms with Crippen molar-refractivity contribution in [1.82, 2.24) is 0 Å². The SMILES string of the molecule is CC/C=C\C/C=C\C/C=C\C/C=C\CCCCCOCC(COP(=O)(O)OCCN)OC(=O)CCCCCCCCCCCCCCCC. The van der Waals surface area contributed by atoms with Crippen LogP contribution in [-0.4, -0.2) is 49.9 Å². The van der Waals surface area contributed by atoms with Gasteiger partial charge in [-0.25, -0.2) is 4.57 Å². The minimum atomic E-state index is -4.28. The van der Waals surface area contributed by atoms with E-state index in [2.05, 4.69) is 62.5 Å². The van der Waals surface area contributed by atoms with Crippen LogP contribution in [0.25, 0.3) is 0 Å². The smallest absolute Gasteiger partial charge is 0.457 e. The molecule has 286 valence electrons. The van der Waals surface area contributed by atoms with Gasteiger partial charge in [0, 0.05) is 19.6 Å². The maximum absolute atomic E-state index is 12.5. The van der Waals surface area contributed by atoms with Gasteiger partial charge in [-0.3, -0.25) is 13.8 Å². The molecule has 3 N–H and O–H groups in total. The number of carbonyl (C=O) groups is 1. The zero-order valence-corrected chi connectivity index (χ0v) is 32.3. The zero-order valence-electron chi connectivity index (χ0n) is 31.4. The Bertz CT molecular complexity index is 890. The van der Waals surface area contributed by atoms with Crippen molar-refractivity contribution in [2.24, 2.45) is 5.73 Å². The summed E-state index contributed by atoms with van der Waals surface area (Å²) in [4.78, 5) is 22.4. The third-order valence-corrected chi connectivity index (χ3v) is 8.99. The van der Waals surface area contributed by atoms with Gasteiger partial charge >= 0.3 is 13.8 Å².